The highest BCUT2D eigenvalue weighted by atomic mass is 35.5. The average molecular weight is 529 g/mol. The molecule has 4 aromatic rings. The van der Waals surface area contributed by atoms with Gasteiger partial charge in [-0.3, -0.25) is 4.79 Å². The maximum atomic E-state index is 14.1. The second-order valence-corrected chi connectivity index (χ2v) is 7.82. The summed E-state index contributed by atoms with van der Waals surface area (Å²) >= 11 is 12.0. The lowest BCUT2D eigenvalue weighted by Gasteiger charge is -2.08. The Morgan fingerprint density at radius 1 is 1.00 bits per heavy atom. The summed E-state index contributed by atoms with van der Waals surface area (Å²) in [6.45, 7) is 0. The number of benzene rings is 3. The van der Waals surface area contributed by atoms with E-state index in [2.05, 4.69) is 10.3 Å². The van der Waals surface area contributed by atoms with Crippen molar-refractivity contribution in [2.24, 2.45) is 0 Å². The summed E-state index contributed by atoms with van der Waals surface area (Å²) in [5, 5.41) is 3.12. The minimum absolute atomic E-state index is 0.00554. The van der Waals surface area contributed by atoms with Gasteiger partial charge in [0.25, 0.3) is 0 Å². The molecule has 0 aliphatic carbocycles. The maximum Gasteiger partial charge on any atom is 0.248 e. The van der Waals surface area contributed by atoms with E-state index in [1.165, 1.54) is 43.5 Å². The van der Waals surface area contributed by atoms with Gasteiger partial charge in [-0.1, -0.05) is 23.2 Å². The Balaban J connectivity index is 1.61. The van der Waals surface area contributed by atoms with Gasteiger partial charge in [0, 0.05) is 22.3 Å². The second kappa shape index (κ2) is 9.55. The lowest BCUT2D eigenvalue weighted by atomic mass is 10.1. The molecule has 0 saturated heterocycles. The number of oxazole rings is 1. The van der Waals surface area contributed by atoms with Crippen molar-refractivity contribution in [3.05, 3.63) is 81.1 Å². The number of methoxy groups -OCH3 is 1. The van der Waals surface area contributed by atoms with Gasteiger partial charge in [-0.15, -0.1) is 0 Å². The monoisotopic (exact) mass is 528 g/mol. The van der Waals surface area contributed by atoms with Crippen LogP contribution in [0.4, 0.5) is 27.6 Å². The first-order valence-corrected chi connectivity index (χ1v) is 10.3. The third kappa shape index (κ3) is 4.67. The van der Waals surface area contributed by atoms with Crippen LogP contribution in [0.5, 0.6) is 5.75 Å². The van der Waals surface area contributed by atoms with Gasteiger partial charge in [0.15, 0.2) is 28.9 Å². The zero-order valence-corrected chi connectivity index (χ0v) is 18.9. The van der Waals surface area contributed by atoms with Crippen LogP contribution in [0.1, 0.15) is 5.56 Å². The Morgan fingerprint density at radius 3 is 2.31 bits per heavy atom. The van der Waals surface area contributed by atoms with Gasteiger partial charge in [0.2, 0.25) is 17.6 Å². The van der Waals surface area contributed by atoms with Crippen LogP contribution in [-0.4, -0.2) is 18.0 Å². The van der Waals surface area contributed by atoms with E-state index in [9.17, 15) is 26.7 Å². The molecule has 0 radical (unpaired) electrons. The molecule has 0 aliphatic heterocycles. The highest BCUT2D eigenvalue weighted by Crippen LogP contribution is 2.34. The fraction of sp³-hybridized carbons (Fsp3) is 0.0435. The molecule has 180 valence electrons. The standard InChI is InChI=1S/C23H11Cl2F5N2O3/c1-34-22-9(6-10(24)7-12(22)25)2-5-15(33)31-11-3-4-14-13(8-11)32-23(35-14)16-17(26)19(28)21(30)20(29)18(16)27/h2-8H,1H3,(H,31,33)/b5-2+. The summed E-state index contributed by atoms with van der Waals surface area (Å²) in [5.41, 5.74) is -0.676. The highest BCUT2D eigenvalue weighted by Gasteiger charge is 2.29. The van der Waals surface area contributed by atoms with Crippen molar-refractivity contribution < 1.29 is 35.9 Å². The van der Waals surface area contributed by atoms with Gasteiger partial charge < -0.3 is 14.5 Å². The Kier molecular flexibility index (Phi) is 6.68. The molecule has 1 heterocycles. The van der Waals surface area contributed by atoms with Gasteiger partial charge in [-0.25, -0.2) is 26.9 Å². The summed E-state index contributed by atoms with van der Waals surface area (Å²) in [7, 11) is 1.40. The number of ether oxygens (including phenoxy) is 1. The first kappa shape index (κ1) is 24.5. The van der Waals surface area contributed by atoms with E-state index >= 15 is 0 Å². The van der Waals surface area contributed by atoms with Crippen LogP contribution in [0.2, 0.25) is 10.0 Å². The van der Waals surface area contributed by atoms with Crippen LogP contribution in [-0.2, 0) is 4.79 Å². The van der Waals surface area contributed by atoms with Crippen molar-refractivity contribution >= 4 is 52.0 Å². The molecule has 1 N–H and O–H groups in total. The third-order valence-electron chi connectivity index (χ3n) is 4.73. The van der Waals surface area contributed by atoms with E-state index in [-0.39, 0.29) is 21.8 Å². The highest BCUT2D eigenvalue weighted by molar-refractivity contribution is 6.36. The second-order valence-electron chi connectivity index (χ2n) is 6.98. The number of nitrogens with zero attached hydrogens (tertiary/aromatic N) is 1. The number of aromatic nitrogens is 1. The normalized spacial score (nSPS) is 11.4. The van der Waals surface area contributed by atoms with Crippen LogP contribution in [0, 0.1) is 29.1 Å². The summed E-state index contributed by atoms with van der Waals surface area (Å²) in [6.07, 6.45) is 2.60. The number of amides is 1. The van der Waals surface area contributed by atoms with Gasteiger partial charge in [-0.05, 0) is 36.4 Å². The van der Waals surface area contributed by atoms with Crippen molar-refractivity contribution in [3.8, 4) is 17.2 Å². The predicted octanol–water partition coefficient (Wildman–Crippen LogP) is 7.16. The molecule has 1 amide bonds. The number of carbonyl (C=O) groups is 1. The van der Waals surface area contributed by atoms with Crippen LogP contribution < -0.4 is 10.1 Å². The topological polar surface area (TPSA) is 64.4 Å². The minimum Gasteiger partial charge on any atom is -0.495 e. The summed E-state index contributed by atoms with van der Waals surface area (Å²) in [6, 6.07) is 7.00. The van der Waals surface area contributed by atoms with Crippen molar-refractivity contribution in [1.82, 2.24) is 4.98 Å². The van der Waals surface area contributed by atoms with Gasteiger partial charge in [0.05, 0.1) is 12.1 Å². The molecule has 0 saturated carbocycles. The number of hydrogen-bond acceptors (Lipinski definition) is 4. The minimum atomic E-state index is -2.30. The number of anilines is 1. The molecule has 1 aromatic heterocycles. The van der Waals surface area contributed by atoms with Crippen LogP contribution in [0.3, 0.4) is 0 Å². The Bertz CT molecular complexity index is 1490. The molecular weight excluding hydrogens is 518 g/mol. The van der Waals surface area contributed by atoms with Crippen molar-refractivity contribution in [1.29, 1.82) is 0 Å². The number of rotatable bonds is 5. The summed E-state index contributed by atoms with van der Waals surface area (Å²) in [5.74, 6) is -11.8. The zero-order chi connectivity index (χ0) is 25.4. The van der Waals surface area contributed by atoms with E-state index in [0.717, 1.165) is 0 Å². The maximum absolute atomic E-state index is 14.1. The number of fused-ring (bicyclic) bond motifs is 1. The van der Waals surface area contributed by atoms with E-state index in [1.54, 1.807) is 6.07 Å². The van der Waals surface area contributed by atoms with E-state index in [0.29, 0.717) is 16.3 Å². The number of nitrogens with one attached hydrogen (secondary N) is 1. The Labute approximate surface area is 203 Å². The predicted molar refractivity (Wildman–Crippen MR) is 120 cm³/mol. The average Bonchev–Trinajstić information content (AvgIpc) is 3.22. The molecule has 0 unspecified atom stereocenters. The molecule has 4 rings (SSSR count). The largest absolute Gasteiger partial charge is 0.495 e. The lowest BCUT2D eigenvalue weighted by Crippen LogP contribution is -2.07. The van der Waals surface area contributed by atoms with E-state index in [4.69, 9.17) is 32.4 Å². The van der Waals surface area contributed by atoms with Crippen molar-refractivity contribution in [2.75, 3.05) is 12.4 Å². The van der Waals surface area contributed by atoms with Gasteiger partial charge in [0.1, 0.15) is 16.8 Å². The van der Waals surface area contributed by atoms with Crippen LogP contribution in [0.15, 0.2) is 40.8 Å². The van der Waals surface area contributed by atoms with E-state index in [1.807, 2.05) is 0 Å². The Hall–Kier alpha value is -3.63. The van der Waals surface area contributed by atoms with E-state index < -0.39 is 46.4 Å². The molecule has 0 fully saturated rings. The quantitative estimate of drug-likeness (QED) is 0.129. The smallest absolute Gasteiger partial charge is 0.248 e. The van der Waals surface area contributed by atoms with Gasteiger partial charge in [-0.2, -0.15) is 0 Å². The van der Waals surface area contributed by atoms with Crippen LogP contribution >= 0.6 is 23.2 Å². The molecular formula is C23H11Cl2F5N2O3. The fourth-order valence-corrected chi connectivity index (χ4v) is 3.76. The summed E-state index contributed by atoms with van der Waals surface area (Å²) in [4.78, 5) is 16.2. The molecule has 3 aromatic carbocycles. The molecule has 0 aliphatic rings. The SMILES string of the molecule is COc1c(Cl)cc(Cl)cc1/C=C/C(=O)Nc1ccc2oc(-c3c(F)c(F)c(F)c(F)c3F)nc2c1. The third-order valence-corrected chi connectivity index (χ3v) is 5.23. The van der Waals surface area contributed by atoms with Crippen molar-refractivity contribution in [3.63, 3.8) is 0 Å². The lowest BCUT2D eigenvalue weighted by molar-refractivity contribution is -0.111. The van der Waals surface area contributed by atoms with Crippen molar-refractivity contribution in [2.45, 2.75) is 0 Å². The van der Waals surface area contributed by atoms with Gasteiger partial charge >= 0.3 is 0 Å². The number of hydrogen-bond donors (Lipinski definition) is 1. The first-order chi connectivity index (χ1) is 16.6. The zero-order valence-electron chi connectivity index (χ0n) is 17.4. The molecule has 0 spiro atoms. The first-order valence-electron chi connectivity index (χ1n) is 9.55. The molecule has 12 heteroatoms. The molecule has 35 heavy (non-hydrogen) atoms. The molecule has 0 atom stereocenters. The molecule has 5 nitrogen and oxygen atoms in total. The summed E-state index contributed by atoms with van der Waals surface area (Å²) < 4.78 is 78.9. The molecule has 0 bridgehead atoms. The van der Waals surface area contributed by atoms with Crippen LogP contribution in [0.25, 0.3) is 28.6 Å². The Morgan fingerprint density at radius 2 is 1.66 bits per heavy atom. The number of carbonyl (C=O) groups excluding carboxylic acids is 1. The number of halogens is 7. The fourth-order valence-electron chi connectivity index (χ4n) is 3.17.